The number of hydrogen-bond acceptors (Lipinski definition) is 3. The molecule has 0 saturated carbocycles. The van der Waals surface area contributed by atoms with Crippen LogP contribution in [0.1, 0.15) is 17.4 Å². The number of rotatable bonds is 2. The normalized spacial score (nSPS) is 15.9. The van der Waals surface area contributed by atoms with Gasteiger partial charge in [0.05, 0.1) is 28.9 Å². The third kappa shape index (κ3) is 3.01. The van der Waals surface area contributed by atoms with E-state index < -0.39 is 11.8 Å². The maximum Gasteiger partial charge on any atom is 0.331 e. The van der Waals surface area contributed by atoms with E-state index in [4.69, 9.17) is 4.74 Å². The number of aromatic nitrogens is 3. The third-order valence-corrected chi connectivity index (χ3v) is 6.32. The summed E-state index contributed by atoms with van der Waals surface area (Å²) in [4.78, 5) is 26.1. The first-order chi connectivity index (χ1) is 14.9. The SMILES string of the molecule is Cn1c(=O)c2c(-c3cccc(Br)c3)n3c(c2n(C)c1=O)C(c1ccc(F)cc1)OCC3. The summed E-state index contributed by atoms with van der Waals surface area (Å²) < 4.78 is 25.2. The Labute approximate surface area is 185 Å². The zero-order chi connectivity index (χ0) is 21.9. The number of aryl methyl sites for hydroxylation is 1. The van der Waals surface area contributed by atoms with Crippen molar-refractivity contribution in [2.75, 3.05) is 6.61 Å². The van der Waals surface area contributed by atoms with Crippen LogP contribution in [-0.2, 0) is 25.4 Å². The highest BCUT2D eigenvalue weighted by Gasteiger charge is 2.33. The van der Waals surface area contributed by atoms with Gasteiger partial charge in [0.2, 0.25) is 0 Å². The summed E-state index contributed by atoms with van der Waals surface area (Å²) in [5.41, 5.74) is 2.87. The average molecular weight is 484 g/mol. The van der Waals surface area contributed by atoms with Gasteiger partial charge in [-0.1, -0.05) is 40.2 Å². The zero-order valence-corrected chi connectivity index (χ0v) is 18.5. The molecular formula is C23H19BrFN3O3. The Morgan fingerprint density at radius 2 is 1.81 bits per heavy atom. The molecule has 8 heteroatoms. The largest absolute Gasteiger partial charge is 0.365 e. The molecule has 4 aromatic rings. The van der Waals surface area contributed by atoms with Gasteiger partial charge in [0, 0.05) is 30.7 Å². The summed E-state index contributed by atoms with van der Waals surface area (Å²) in [5, 5.41) is 0.468. The second-order valence-electron chi connectivity index (χ2n) is 7.63. The zero-order valence-electron chi connectivity index (χ0n) is 16.9. The van der Waals surface area contributed by atoms with Crippen molar-refractivity contribution in [3.05, 3.63) is 90.9 Å². The maximum atomic E-state index is 13.5. The first-order valence-electron chi connectivity index (χ1n) is 9.83. The Kier molecular flexibility index (Phi) is 4.71. The first kappa shape index (κ1) is 20.0. The minimum absolute atomic E-state index is 0.337. The molecule has 6 nitrogen and oxygen atoms in total. The Morgan fingerprint density at radius 3 is 2.52 bits per heavy atom. The van der Waals surface area contributed by atoms with Crippen LogP contribution in [0.2, 0.25) is 0 Å². The highest BCUT2D eigenvalue weighted by molar-refractivity contribution is 9.10. The van der Waals surface area contributed by atoms with Crippen molar-refractivity contribution in [3.63, 3.8) is 0 Å². The maximum absolute atomic E-state index is 13.5. The summed E-state index contributed by atoms with van der Waals surface area (Å²) in [6, 6.07) is 13.8. The number of ether oxygens (including phenoxy) is 1. The average Bonchev–Trinajstić information content (AvgIpc) is 3.12. The molecule has 158 valence electrons. The lowest BCUT2D eigenvalue weighted by atomic mass is 10.0. The molecule has 31 heavy (non-hydrogen) atoms. The van der Waals surface area contributed by atoms with Crippen molar-refractivity contribution in [2.24, 2.45) is 14.1 Å². The molecule has 0 aliphatic carbocycles. The van der Waals surface area contributed by atoms with Crippen LogP contribution >= 0.6 is 15.9 Å². The van der Waals surface area contributed by atoms with Gasteiger partial charge in [0.1, 0.15) is 11.9 Å². The fourth-order valence-corrected chi connectivity index (χ4v) is 4.81. The predicted octanol–water partition coefficient (Wildman–Crippen LogP) is 3.73. The fraction of sp³-hybridized carbons (Fsp3) is 0.217. The Balaban J connectivity index is 1.94. The lowest BCUT2D eigenvalue weighted by Gasteiger charge is -2.27. The van der Waals surface area contributed by atoms with Gasteiger partial charge in [-0.25, -0.2) is 9.18 Å². The van der Waals surface area contributed by atoms with Gasteiger partial charge in [-0.2, -0.15) is 0 Å². The smallest absolute Gasteiger partial charge is 0.331 e. The van der Waals surface area contributed by atoms with Crippen LogP contribution < -0.4 is 11.2 Å². The Morgan fingerprint density at radius 1 is 1.06 bits per heavy atom. The molecule has 0 radical (unpaired) electrons. The molecule has 0 N–H and O–H groups in total. The quantitative estimate of drug-likeness (QED) is 0.436. The van der Waals surface area contributed by atoms with Crippen LogP contribution in [0.3, 0.4) is 0 Å². The van der Waals surface area contributed by atoms with Crippen molar-refractivity contribution in [2.45, 2.75) is 12.6 Å². The van der Waals surface area contributed by atoms with Gasteiger partial charge >= 0.3 is 5.69 Å². The van der Waals surface area contributed by atoms with Gasteiger partial charge in [-0.15, -0.1) is 0 Å². The van der Waals surface area contributed by atoms with E-state index in [-0.39, 0.29) is 11.4 Å². The van der Waals surface area contributed by atoms with Crippen LogP contribution in [0, 0.1) is 5.82 Å². The van der Waals surface area contributed by atoms with Crippen LogP contribution in [0.25, 0.3) is 22.2 Å². The number of hydrogen-bond donors (Lipinski definition) is 0. The lowest BCUT2D eigenvalue weighted by Crippen LogP contribution is -2.37. The minimum Gasteiger partial charge on any atom is -0.365 e. The van der Waals surface area contributed by atoms with Gasteiger partial charge < -0.3 is 9.30 Å². The van der Waals surface area contributed by atoms with E-state index in [1.54, 1.807) is 19.2 Å². The van der Waals surface area contributed by atoms with E-state index in [1.807, 2.05) is 24.3 Å². The Hall–Kier alpha value is -2.97. The molecule has 0 bridgehead atoms. The van der Waals surface area contributed by atoms with Crippen LogP contribution in [0.4, 0.5) is 4.39 Å². The topological polar surface area (TPSA) is 58.2 Å². The molecule has 3 heterocycles. The lowest BCUT2D eigenvalue weighted by molar-refractivity contribution is 0.0478. The third-order valence-electron chi connectivity index (χ3n) is 5.82. The van der Waals surface area contributed by atoms with E-state index in [9.17, 15) is 14.0 Å². The van der Waals surface area contributed by atoms with E-state index in [0.717, 1.165) is 31.6 Å². The molecule has 5 rings (SSSR count). The van der Waals surface area contributed by atoms with Crippen LogP contribution in [-0.4, -0.2) is 20.3 Å². The molecule has 1 atom stereocenters. The molecule has 0 fully saturated rings. The molecular weight excluding hydrogens is 465 g/mol. The second-order valence-corrected chi connectivity index (χ2v) is 8.54. The molecule has 1 aliphatic heterocycles. The molecule has 0 amide bonds. The van der Waals surface area contributed by atoms with E-state index in [1.165, 1.54) is 23.7 Å². The Bertz CT molecular complexity index is 1450. The summed E-state index contributed by atoms with van der Waals surface area (Å²) in [7, 11) is 3.14. The molecule has 1 aliphatic rings. The fourth-order valence-electron chi connectivity index (χ4n) is 4.41. The predicted molar refractivity (Wildman–Crippen MR) is 120 cm³/mol. The van der Waals surface area contributed by atoms with Crippen LogP contribution in [0.5, 0.6) is 0 Å². The number of benzene rings is 2. The second kappa shape index (κ2) is 7.32. The van der Waals surface area contributed by atoms with E-state index >= 15 is 0 Å². The molecule has 0 spiro atoms. The summed E-state index contributed by atoms with van der Waals surface area (Å²) in [5.74, 6) is -0.337. The van der Waals surface area contributed by atoms with Gasteiger partial charge in [0.25, 0.3) is 5.56 Å². The van der Waals surface area contributed by atoms with Crippen molar-refractivity contribution in [1.29, 1.82) is 0 Å². The standard InChI is InChI=1S/C23H19BrFN3O3/c1-26-19-17(22(29)27(2)23(26)30)18(14-4-3-5-15(24)12-14)28-10-11-31-21(20(19)28)13-6-8-16(25)9-7-13/h3-9,12,21H,10-11H2,1-2H3. The van der Waals surface area contributed by atoms with Crippen molar-refractivity contribution in [1.82, 2.24) is 13.7 Å². The summed E-state index contributed by atoms with van der Waals surface area (Å²) in [6.45, 7) is 0.951. The number of fused-ring (bicyclic) bond motifs is 3. The monoisotopic (exact) mass is 483 g/mol. The highest BCUT2D eigenvalue weighted by atomic mass is 79.9. The minimum atomic E-state index is -0.532. The van der Waals surface area contributed by atoms with Crippen molar-refractivity contribution >= 4 is 26.8 Å². The summed E-state index contributed by atoms with van der Waals surface area (Å²) in [6.07, 6.45) is -0.532. The molecule has 1 unspecified atom stereocenters. The molecule has 0 saturated heterocycles. The van der Waals surface area contributed by atoms with Crippen molar-refractivity contribution in [3.8, 4) is 11.3 Å². The van der Waals surface area contributed by atoms with E-state index in [0.29, 0.717) is 24.1 Å². The van der Waals surface area contributed by atoms with Gasteiger partial charge in [0.15, 0.2) is 0 Å². The first-order valence-corrected chi connectivity index (χ1v) is 10.6. The van der Waals surface area contributed by atoms with Gasteiger partial charge in [-0.3, -0.25) is 13.9 Å². The van der Waals surface area contributed by atoms with Crippen LogP contribution in [0.15, 0.2) is 62.6 Å². The van der Waals surface area contributed by atoms with Gasteiger partial charge in [-0.05, 0) is 29.8 Å². The summed E-state index contributed by atoms with van der Waals surface area (Å²) >= 11 is 3.51. The number of halogens is 2. The van der Waals surface area contributed by atoms with Crippen molar-refractivity contribution < 1.29 is 9.13 Å². The molecule has 2 aromatic carbocycles. The molecule has 2 aromatic heterocycles. The van der Waals surface area contributed by atoms with E-state index in [2.05, 4.69) is 20.5 Å². The number of nitrogens with zero attached hydrogens (tertiary/aromatic N) is 3. The highest BCUT2D eigenvalue weighted by Crippen LogP contribution is 2.40.